The van der Waals surface area contributed by atoms with Crippen molar-refractivity contribution in [2.24, 2.45) is 0 Å². The summed E-state index contributed by atoms with van der Waals surface area (Å²) in [5.74, 6) is -1.96. The van der Waals surface area contributed by atoms with Crippen molar-refractivity contribution in [2.75, 3.05) is 13.7 Å². The van der Waals surface area contributed by atoms with Crippen LogP contribution in [-0.2, 0) is 27.1 Å². The summed E-state index contributed by atoms with van der Waals surface area (Å²) in [6.45, 7) is 0.598. The number of aromatic nitrogens is 3. The van der Waals surface area contributed by atoms with Crippen molar-refractivity contribution in [3.8, 4) is 11.4 Å². The molecule has 1 saturated heterocycles. The predicted octanol–water partition coefficient (Wildman–Crippen LogP) is 2.22. The molecule has 0 bridgehead atoms. The molecule has 0 aliphatic carbocycles. The van der Waals surface area contributed by atoms with Crippen LogP contribution in [-0.4, -0.2) is 45.9 Å². The van der Waals surface area contributed by atoms with Crippen molar-refractivity contribution in [3.63, 3.8) is 0 Å². The number of hydrogen-bond acceptors (Lipinski definition) is 7. The first-order valence-electron chi connectivity index (χ1n) is 7.72. The van der Waals surface area contributed by atoms with Crippen LogP contribution in [0.2, 0.25) is 0 Å². The van der Waals surface area contributed by atoms with Crippen molar-refractivity contribution in [1.82, 2.24) is 20.2 Å². The Hall–Kier alpha value is -2.53. The lowest BCUT2D eigenvalue weighted by Gasteiger charge is -2.22. The van der Waals surface area contributed by atoms with Gasteiger partial charge in [0.15, 0.2) is 0 Å². The van der Waals surface area contributed by atoms with Crippen molar-refractivity contribution >= 4 is 5.91 Å². The fourth-order valence-electron chi connectivity index (χ4n) is 2.42. The standard InChI is InChI=1S/C15H15F3N4O4/c1-24-22(13(23)11-3-2-6-25-11)8-10-5-4-9(7-19-10)12-20-14(26-21-12)15(16,17)18/h4-5,7,11H,2-3,6,8H2,1H3. The summed E-state index contributed by atoms with van der Waals surface area (Å²) in [6, 6.07) is 3.02. The molecule has 2 aromatic rings. The molecular formula is C15H15F3N4O4. The molecule has 3 heterocycles. The van der Waals surface area contributed by atoms with Crippen molar-refractivity contribution in [3.05, 3.63) is 29.9 Å². The summed E-state index contributed by atoms with van der Waals surface area (Å²) >= 11 is 0. The van der Waals surface area contributed by atoms with Crippen LogP contribution in [0.25, 0.3) is 11.4 Å². The van der Waals surface area contributed by atoms with E-state index < -0.39 is 18.2 Å². The molecule has 0 spiro atoms. The average Bonchev–Trinajstić information content (AvgIpc) is 3.30. The van der Waals surface area contributed by atoms with Crippen LogP contribution in [0, 0.1) is 0 Å². The largest absolute Gasteiger partial charge is 0.471 e. The van der Waals surface area contributed by atoms with E-state index in [1.165, 1.54) is 25.4 Å². The Morgan fingerprint density at radius 1 is 1.42 bits per heavy atom. The highest BCUT2D eigenvalue weighted by Crippen LogP contribution is 2.29. The number of hydrogen-bond donors (Lipinski definition) is 0. The number of alkyl halides is 3. The summed E-state index contributed by atoms with van der Waals surface area (Å²) < 4.78 is 47.0. The highest BCUT2D eigenvalue weighted by molar-refractivity contribution is 5.80. The molecule has 0 N–H and O–H groups in total. The quantitative estimate of drug-likeness (QED) is 0.743. The van der Waals surface area contributed by atoms with Gasteiger partial charge < -0.3 is 9.26 Å². The topological polar surface area (TPSA) is 90.6 Å². The van der Waals surface area contributed by atoms with Gasteiger partial charge in [0.05, 0.1) is 19.3 Å². The minimum atomic E-state index is -4.71. The van der Waals surface area contributed by atoms with Gasteiger partial charge in [-0.25, -0.2) is 5.06 Å². The number of hydroxylamine groups is 2. The van der Waals surface area contributed by atoms with Gasteiger partial charge in [0.2, 0.25) is 5.82 Å². The molecular weight excluding hydrogens is 357 g/mol. The molecule has 2 aromatic heterocycles. The van der Waals surface area contributed by atoms with Gasteiger partial charge in [-0.2, -0.15) is 18.2 Å². The van der Waals surface area contributed by atoms with Crippen molar-refractivity contribution in [1.29, 1.82) is 0 Å². The molecule has 1 aliphatic heterocycles. The van der Waals surface area contributed by atoms with Crippen LogP contribution in [0.15, 0.2) is 22.9 Å². The SMILES string of the molecule is CON(Cc1ccc(-c2noc(C(F)(F)F)n2)cn1)C(=O)C1CCCO1. The van der Waals surface area contributed by atoms with E-state index in [0.29, 0.717) is 18.7 Å². The second kappa shape index (κ2) is 7.38. The Kier molecular flexibility index (Phi) is 5.18. The van der Waals surface area contributed by atoms with E-state index in [4.69, 9.17) is 9.57 Å². The molecule has 11 heteroatoms. The maximum atomic E-state index is 12.5. The molecule has 1 amide bonds. The number of nitrogens with zero attached hydrogens (tertiary/aromatic N) is 4. The Morgan fingerprint density at radius 3 is 2.77 bits per heavy atom. The zero-order chi connectivity index (χ0) is 18.7. The lowest BCUT2D eigenvalue weighted by atomic mass is 10.2. The Morgan fingerprint density at radius 2 is 2.23 bits per heavy atom. The van der Waals surface area contributed by atoms with Gasteiger partial charge in [0.25, 0.3) is 5.91 Å². The molecule has 1 unspecified atom stereocenters. The molecule has 1 aliphatic rings. The van der Waals surface area contributed by atoms with Gasteiger partial charge in [-0.1, -0.05) is 5.16 Å². The van der Waals surface area contributed by atoms with Crippen LogP contribution in [0.3, 0.4) is 0 Å². The van der Waals surface area contributed by atoms with Crippen LogP contribution >= 0.6 is 0 Å². The van der Waals surface area contributed by atoms with Gasteiger partial charge in [-0.3, -0.25) is 14.6 Å². The number of rotatable bonds is 5. The Bertz CT molecular complexity index is 757. The van der Waals surface area contributed by atoms with Gasteiger partial charge >= 0.3 is 12.1 Å². The van der Waals surface area contributed by atoms with Crippen molar-refractivity contribution in [2.45, 2.75) is 31.7 Å². The molecule has 26 heavy (non-hydrogen) atoms. The monoisotopic (exact) mass is 372 g/mol. The summed E-state index contributed by atoms with van der Waals surface area (Å²) in [5, 5.41) is 4.42. The molecule has 8 nitrogen and oxygen atoms in total. The van der Waals surface area contributed by atoms with Gasteiger partial charge in [-0.15, -0.1) is 0 Å². The molecule has 0 saturated carbocycles. The number of halogens is 3. The van der Waals surface area contributed by atoms with Crippen LogP contribution in [0.1, 0.15) is 24.4 Å². The molecule has 3 rings (SSSR count). The fraction of sp³-hybridized carbons (Fsp3) is 0.467. The Balaban J connectivity index is 1.68. The zero-order valence-electron chi connectivity index (χ0n) is 13.7. The number of carbonyl (C=O) groups excluding carboxylic acids is 1. The van der Waals surface area contributed by atoms with E-state index >= 15 is 0 Å². The van der Waals surface area contributed by atoms with E-state index in [1.807, 2.05) is 0 Å². The highest BCUT2D eigenvalue weighted by atomic mass is 19.4. The third-order valence-corrected chi connectivity index (χ3v) is 3.73. The predicted molar refractivity (Wildman–Crippen MR) is 79.1 cm³/mol. The average molecular weight is 372 g/mol. The molecule has 1 atom stereocenters. The first-order chi connectivity index (χ1) is 12.4. The first-order valence-corrected chi connectivity index (χ1v) is 7.72. The van der Waals surface area contributed by atoms with Crippen LogP contribution in [0.4, 0.5) is 13.2 Å². The third-order valence-electron chi connectivity index (χ3n) is 3.73. The molecule has 0 aromatic carbocycles. The summed E-state index contributed by atoms with van der Waals surface area (Å²) in [4.78, 5) is 24.8. The second-order valence-corrected chi connectivity index (χ2v) is 5.52. The smallest absolute Gasteiger partial charge is 0.368 e. The van der Waals surface area contributed by atoms with Gasteiger partial charge in [0.1, 0.15) is 6.10 Å². The molecule has 140 valence electrons. The minimum Gasteiger partial charge on any atom is -0.368 e. The number of pyridine rings is 1. The zero-order valence-corrected chi connectivity index (χ0v) is 13.7. The van der Waals surface area contributed by atoms with Crippen LogP contribution in [0.5, 0.6) is 0 Å². The van der Waals surface area contributed by atoms with E-state index in [0.717, 1.165) is 11.5 Å². The lowest BCUT2D eigenvalue weighted by molar-refractivity contribution is -0.189. The third kappa shape index (κ3) is 3.99. The Labute approximate surface area is 145 Å². The number of carbonyl (C=O) groups is 1. The minimum absolute atomic E-state index is 0.0650. The molecule has 1 fully saturated rings. The fourth-order valence-corrected chi connectivity index (χ4v) is 2.42. The summed E-state index contributed by atoms with van der Waals surface area (Å²) in [5.41, 5.74) is 0.726. The maximum absolute atomic E-state index is 12.5. The van der Waals surface area contributed by atoms with Gasteiger partial charge in [0, 0.05) is 18.4 Å². The maximum Gasteiger partial charge on any atom is 0.471 e. The normalized spacial score (nSPS) is 17.5. The van der Waals surface area contributed by atoms with E-state index in [9.17, 15) is 18.0 Å². The second-order valence-electron chi connectivity index (χ2n) is 5.52. The van der Waals surface area contributed by atoms with Crippen LogP contribution < -0.4 is 0 Å². The van der Waals surface area contributed by atoms with E-state index in [-0.39, 0.29) is 23.8 Å². The first kappa shape index (κ1) is 18.3. The number of amides is 1. The highest BCUT2D eigenvalue weighted by Gasteiger charge is 2.38. The number of ether oxygens (including phenoxy) is 1. The lowest BCUT2D eigenvalue weighted by Crippen LogP contribution is -2.37. The van der Waals surface area contributed by atoms with Gasteiger partial charge in [-0.05, 0) is 25.0 Å². The summed E-state index contributed by atoms with van der Waals surface area (Å²) in [6.07, 6.45) is -2.50. The van der Waals surface area contributed by atoms with E-state index in [2.05, 4.69) is 19.6 Å². The summed E-state index contributed by atoms with van der Waals surface area (Å²) in [7, 11) is 1.36. The molecule has 0 radical (unpaired) electrons. The van der Waals surface area contributed by atoms with E-state index in [1.54, 1.807) is 0 Å². The van der Waals surface area contributed by atoms with Crippen molar-refractivity contribution < 1.29 is 32.1 Å².